The zero-order chi connectivity index (χ0) is 38.5. The zero-order valence-electron chi connectivity index (χ0n) is 31.7. The molecule has 0 radical (unpaired) electrons. The van der Waals surface area contributed by atoms with Gasteiger partial charge in [-0.1, -0.05) is 90.5 Å². The van der Waals surface area contributed by atoms with Crippen LogP contribution in [-0.2, 0) is 35.7 Å². The summed E-state index contributed by atoms with van der Waals surface area (Å²) in [5.74, 6) is -2.08. The van der Waals surface area contributed by atoms with Crippen molar-refractivity contribution in [1.82, 2.24) is 30.5 Å². The summed E-state index contributed by atoms with van der Waals surface area (Å²) in [5, 5.41) is 11.3. The fourth-order valence-electron chi connectivity index (χ4n) is 7.99. The highest BCUT2D eigenvalue weighted by molar-refractivity contribution is 7.89. The van der Waals surface area contributed by atoms with Crippen molar-refractivity contribution in [1.29, 1.82) is 0 Å². The Bertz CT molecular complexity index is 1650. The molecule has 2 aliphatic carbocycles. The first-order valence-corrected chi connectivity index (χ1v) is 20.8. The molecule has 5 amide bonds. The zero-order valence-corrected chi connectivity index (χ0v) is 32.5. The van der Waals surface area contributed by atoms with Crippen LogP contribution in [0.5, 0.6) is 0 Å². The van der Waals surface area contributed by atoms with E-state index in [9.17, 15) is 32.4 Å². The number of Topliss-reactive ketones (excluding diaryl/α,β-unsaturated/α-hetero) is 1. The molecule has 2 saturated carbocycles. The van der Waals surface area contributed by atoms with Crippen LogP contribution in [0.15, 0.2) is 41.8 Å². The maximum Gasteiger partial charge on any atom is 0.315 e. The van der Waals surface area contributed by atoms with Crippen LogP contribution in [-0.4, -0.2) is 91.0 Å². The predicted octanol–water partition coefficient (Wildman–Crippen LogP) is 3.64. The van der Waals surface area contributed by atoms with Gasteiger partial charge >= 0.3 is 6.03 Å². The Morgan fingerprint density at radius 2 is 1.66 bits per heavy atom. The number of benzene rings is 1. The van der Waals surface area contributed by atoms with E-state index in [0.29, 0.717) is 24.3 Å². The third-order valence-electron chi connectivity index (χ3n) is 11.3. The number of carbonyl (C=O) groups excluding carboxylic acids is 5. The topological polar surface area (TPSA) is 174 Å². The van der Waals surface area contributed by atoms with Gasteiger partial charge in [0.15, 0.2) is 0 Å². The summed E-state index contributed by atoms with van der Waals surface area (Å²) < 4.78 is 28.4. The van der Waals surface area contributed by atoms with E-state index in [1.807, 2.05) is 39.8 Å². The third-order valence-corrected chi connectivity index (χ3v) is 13.3. The highest BCUT2D eigenvalue weighted by atomic mass is 32.2. The molecule has 4 N–H and O–H groups in total. The highest BCUT2D eigenvalue weighted by Crippen LogP contribution is 2.35. The number of carbonyl (C=O) groups is 5. The molecule has 14 heteroatoms. The summed E-state index contributed by atoms with van der Waals surface area (Å²) >= 11 is 0. The van der Waals surface area contributed by atoms with E-state index >= 15 is 0 Å². The molecule has 0 bridgehead atoms. The maximum absolute atomic E-state index is 14.5. The van der Waals surface area contributed by atoms with Gasteiger partial charge < -0.3 is 26.2 Å². The van der Waals surface area contributed by atoms with Crippen LogP contribution < -0.4 is 21.3 Å². The van der Waals surface area contributed by atoms with Crippen molar-refractivity contribution in [2.24, 2.45) is 23.2 Å². The molecule has 1 aromatic carbocycles. The minimum absolute atomic E-state index is 0.0276. The molecule has 5 rings (SSSR count). The van der Waals surface area contributed by atoms with E-state index < -0.39 is 69.1 Å². The number of likely N-dealkylation sites (tertiary alicyclic amines) is 1. The number of nitrogens with zero attached hydrogens (tertiary/aromatic N) is 2. The Balaban J connectivity index is 1.31. The Labute approximate surface area is 314 Å². The number of hydrogen-bond donors (Lipinski definition) is 4. The van der Waals surface area contributed by atoms with Crippen molar-refractivity contribution < 1.29 is 32.4 Å². The molecule has 1 saturated heterocycles. The SMILES string of the molecule is C=CCNC(=O)C(=O)C(CC1CC1)NC(=O)[C@@H]1CC(CC)CN1C(=O)[C@@H](NC(=O)N[C@H](CN1Cc2ccccc2S1(=O)=O)C1CCCCC1)C(C)(C)C. The molecule has 4 aliphatic rings. The predicted molar refractivity (Wildman–Crippen MR) is 201 cm³/mol. The number of nitrogens with one attached hydrogen (secondary N) is 4. The molecular weight excluding hydrogens is 697 g/mol. The second-order valence-electron chi connectivity index (χ2n) is 16.4. The summed E-state index contributed by atoms with van der Waals surface area (Å²) in [4.78, 5) is 69.8. The number of sulfonamides is 1. The molecule has 0 spiro atoms. The van der Waals surface area contributed by atoms with Gasteiger partial charge in [-0.2, -0.15) is 4.31 Å². The fraction of sp³-hybridized carbons (Fsp3) is 0.667. The van der Waals surface area contributed by atoms with Gasteiger partial charge in [0.2, 0.25) is 27.6 Å². The molecule has 13 nitrogen and oxygen atoms in total. The number of ketones is 1. The quantitative estimate of drug-likeness (QED) is 0.156. The van der Waals surface area contributed by atoms with Gasteiger partial charge in [-0.15, -0.1) is 6.58 Å². The Morgan fingerprint density at radius 1 is 0.962 bits per heavy atom. The molecule has 1 aromatic rings. The van der Waals surface area contributed by atoms with Gasteiger partial charge in [-0.3, -0.25) is 19.2 Å². The molecule has 0 aromatic heterocycles. The van der Waals surface area contributed by atoms with Gasteiger partial charge in [-0.05, 0) is 60.5 Å². The van der Waals surface area contributed by atoms with E-state index in [4.69, 9.17) is 0 Å². The lowest BCUT2D eigenvalue weighted by Gasteiger charge is -2.37. The Kier molecular flexibility index (Phi) is 13.1. The molecule has 53 heavy (non-hydrogen) atoms. The monoisotopic (exact) mass is 754 g/mol. The van der Waals surface area contributed by atoms with Gasteiger partial charge in [0.25, 0.3) is 5.91 Å². The van der Waals surface area contributed by atoms with Crippen molar-refractivity contribution in [3.8, 4) is 0 Å². The molecular formula is C39H58N6O7S. The summed E-state index contributed by atoms with van der Waals surface area (Å²) in [6, 6.07) is 2.98. The highest BCUT2D eigenvalue weighted by Gasteiger charge is 2.46. The summed E-state index contributed by atoms with van der Waals surface area (Å²) in [6.45, 7) is 11.9. The summed E-state index contributed by atoms with van der Waals surface area (Å²) in [7, 11) is -3.72. The minimum Gasteiger partial charge on any atom is -0.346 e. The maximum atomic E-state index is 14.5. The van der Waals surface area contributed by atoms with Crippen LogP contribution in [0.2, 0.25) is 0 Å². The van der Waals surface area contributed by atoms with Crippen LogP contribution in [0.1, 0.15) is 97.5 Å². The van der Waals surface area contributed by atoms with Gasteiger partial charge in [-0.25, -0.2) is 13.2 Å². The van der Waals surface area contributed by atoms with E-state index in [2.05, 4.69) is 27.8 Å². The van der Waals surface area contributed by atoms with Crippen molar-refractivity contribution in [3.63, 3.8) is 0 Å². The summed E-state index contributed by atoms with van der Waals surface area (Å²) in [6.07, 6.45) is 9.56. The van der Waals surface area contributed by atoms with Gasteiger partial charge in [0, 0.05) is 32.2 Å². The molecule has 2 unspecified atom stereocenters. The number of rotatable bonds is 15. The van der Waals surface area contributed by atoms with Crippen molar-refractivity contribution in [3.05, 3.63) is 42.5 Å². The number of urea groups is 1. The first-order chi connectivity index (χ1) is 25.1. The molecule has 292 valence electrons. The largest absolute Gasteiger partial charge is 0.346 e. The van der Waals surface area contributed by atoms with E-state index in [0.717, 1.165) is 56.9 Å². The molecule has 5 atom stereocenters. The lowest BCUT2D eigenvalue weighted by Crippen LogP contribution is -2.61. The van der Waals surface area contributed by atoms with E-state index in [-0.39, 0.29) is 37.4 Å². The van der Waals surface area contributed by atoms with Crippen molar-refractivity contribution in [2.45, 2.75) is 128 Å². The van der Waals surface area contributed by atoms with Crippen LogP contribution in [0, 0.1) is 23.2 Å². The molecule has 2 heterocycles. The van der Waals surface area contributed by atoms with Crippen molar-refractivity contribution >= 4 is 39.6 Å². The lowest BCUT2D eigenvalue weighted by molar-refractivity contribution is -0.143. The van der Waals surface area contributed by atoms with Gasteiger partial charge in [0.1, 0.15) is 12.1 Å². The minimum atomic E-state index is -3.72. The average Bonchev–Trinajstić information content (AvgIpc) is 3.78. The van der Waals surface area contributed by atoms with Gasteiger partial charge in [0.05, 0.1) is 10.9 Å². The van der Waals surface area contributed by atoms with Crippen LogP contribution in [0.3, 0.4) is 0 Å². The van der Waals surface area contributed by atoms with E-state index in [1.165, 1.54) is 15.3 Å². The third kappa shape index (κ3) is 9.86. The van der Waals surface area contributed by atoms with Crippen LogP contribution >= 0.6 is 0 Å². The smallest absolute Gasteiger partial charge is 0.315 e. The lowest BCUT2D eigenvalue weighted by atomic mass is 9.83. The number of hydrogen-bond acceptors (Lipinski definition) is 7. The second kappa shape index (κ2) is 17.1. The van der Waals surface area contributed by atoms with Crippen molar-refractivity contribution in [2.75, 3.05) is 19.6 Å². The summed E-state index contributed by atoms with van der Waals surface area (Å²) in [5.41, 5.74) is -0.0280. The average molecular weight is 755 g/mol. The van der Waals surface area contributed by atoms with Crippen LogP contribution in [0.4, 0.5) is 4.79 Å². The Morgan fingerprint density at radius 3 is 2.28 bits per heavy atom. The van der Waals surface area contributed by atoms with E-state index in [1.54, 1.807) is 12.1 Å². The van der Waals surface area contributed by atoms with Crippen LogP contribution in [0.25, 0.3) is 0 Å². The number of amides is 5. The second-order valence-corrected chi connectivity index (χ2v) is 18.4. The Hall–Kier alpha value is -3.78. The normalized spacial score (nSPS) is 23.3. The molecule has 2 aliphatic heterocycles. The number of fused-ring (bicyclic) bond motifs is 1. The fourth-order valence-corrected chi connectivity index (χ4v) is 9.65. The first-order valence-electron chi connectivity index (χ1n) is 19.3. The molecule has 3 fully saturated rings. The standard InChI is InChI=1S/C39H58N6O7S/c1-6-19-40-36(48)33(46)29(20-26-17-18-26)41-35(47)31-21-25(7-2)22-45(31)37(49)34(39(3,4)5)43-38(50)42-30(27-13-9-8-10-14-27)24-44-23-28-15-11-12-16-32(28)53(44,51)52/h6,11-12,15-16,25-27,29-31,34H,1,7-10,13-14,17-24H2,2-5H3,(H,40,48)(H,41,47)(H2,42,43,50)/t25?,29?,30-,31+,34-/m1/s1. The first kappa shape index (κ1) is 40.4.